The van der Waals surface area contributed by atoms with Crippen LogP contribution in [0.1, 0.15) is 42.9 Å². The van der Waals surface area contributed by atoms with Crippen LogP contribution in [0.4, 0.5) is 13.2 Å². The zero-order chi connectivity index (χ0) is 23.6. The number of hydrogen-bond donors (Lipinski definition) is 1. The summed E-state index contributed by atoms with van der Waals surface area (Å²) in [5.41, 5.74) is -5.76. The van der Waals surface area contributed by atoms with Crippen LogP contribution in [-0.2, 0) is 10.3 Å². The molecule has 170 valence electrons. The SMILES string of the molecule is CCCC[C@]1(C(O)(c2ccccc2)c2ccccc2)O[C@@]1(C#Cc1ccccc1)C(F)(F)F. The maximum absolute atomic E-state index is 14.7. The van der Waals surface area contributed by atoms with Crippen molar-refractivity contribution in [1.82, 2.24) is 0 Å². The van der Waals surface area contributed by atoms with E-state index in [0.29, 0.717) is 29.5 Å². The second-order valence-corrected chi connectivity index (χ2v) is 8.27. The van der Waals surface area contributed by atoms with E-state index in [4.69, 9.17) is 4.74 Å². The van der Waals surface area contributed by atoms with Crippen molar-refractivity contribution >= 4 is 0 Å². The lowest BCUT2D eigenvalue weighted by molar-refractivity contribution is -0.169. The highest BCUT2D eigenvalue weighted by molar-refractivity contribution is 5.52. The van der Waals surface area contributed by atoms with Crippen molar-refractivity contribution in [2.45, 2.75) is 49.2 Å². The first-order chi connectivity index (χ1) is 15.8. The van der Waals surface area contributed by atoms with Gasteiger partial charge in [0.05, 0.1) is 0 Å². The Kier molecular flexibility index (Phi) is 6.09. The molecule has 3 aromatic rings. The van der Waals surface area contributed by atoms with Crippen LogP contribution in [-0.4, -0.2) is 22.5 Å². The van der Waals surface area contributed by atoms with Gasteiger partial charge in [0.1, 0.15) is 5.60 Å². The number of alkyl halides is 3. The summed E-state index contributed by atoms with van der Waals surface area (Å²) in [5.74, 6) is 5.07. The summed E-state index contributed by atoms with van der Waals surface area (Å²) in [5, 5.41) is 12.3. The predicted molar refractivity (Wildman–Crippen MR) is 121 cm³/mol. The van der Waals surface area contributed by atoms with Gasteiger partial charge in [-0.1, -0.05) is 105 Å². The molecule has 2 atom stereocenters. The summed E-state index contributed by atoms with van der Waals surface area (Å²) < 4.78 is 49.9. The van der Waals surface area contributed by atoms with Crippen molar-refractivity contribution in [3.05, 3.63) is 108 Å². The Hall–Kier alpha value is -3.07. The highest BCUT2D eigenvalue weighted by Crippen LogP contribution is 2.68. The minimum Gasteiger partial charge on any atom is -0.377 e. The van der Waals surface area contributed by atoms with Crippen LogP contribution < -0.4 is 0 Å². The Morgan fingerprint density at radius 1 is 0.818 bits per heavy atom. The van der Waals surface area contributed by atoms with Crippen LogP contribution in [0, 0.1) is 11.8 Å². The van der Waals surface area contributed by atoms with E-state index in [1.54, 1.807) is 91.0 Å². The monoisotopic (exact) mass is 450 g/mol. The molecule has 1 aliphatic heterocycles. The molecule has 1 heterocycles. The van der Waals surface area contributed by atoms with E-state index in [-0.39, 0.29) is 6.42 Å². The van der Waals surface area contributed by atoms with Crippen molar-refractivity contribution in [1.29, 1.82) is 0 Å². The Balaban J connectivity index is 1.96. The van der Waals surface area contributed by atoms with Crippen LogP contribution in [0.15, 0.2) is 91.0 Å². The molecule has 4 rings (SSSR count). The topological polar surface area (TPSA) is 32.8 Å². The molecule has 5 heteroatoms. The maximum atomic E-state index is 14.7. The first-order valence-electron chi connectivity index (χ1n) is 11.0. The van der Waals surface area contributed by atoms with Crippen LogP contribution in [0.25, 0.3) is 0 Å². The number of halogens is 3. The van der Waals surface area contributed by atoms with Crippen LogP contribution in [0.3, 0.4) is 0 Å². The lowest BCUT2D eigenvalue weighted by Crippen LogP contribution is -2.52. The van der Waals surface area contributed by atoms with E-state index in [9.17, 15) is 18.3 Å². The summed E-state index contributed by atoms with van der Waals surface area (Å²) in [7, 11) is 0. The number of unbranched alkanes of at least 4 members (excludes halogenated alkanes) is 1. The number of benzene rings is 3. The van der Waals surface area contributed by atoms with Gasteiger partial charge >= 0.3 is 6.18 Å². The maximum Gasteiger partial charge on any atom is 0.432 e. The molecule has 0 aromatic heterocycles. The second kappa shape index (κ2) is 8.70. The van der Waals surface area contributed by atoms with Crippen molar-refractivity contribution < 1.29 is 23.0 Å². The molecule has 33 heavy (non-hydrogen) atoms. The van der Waals surface area contributed by atoms with Crippen molar-refractivity contribution in [3.63, 3.8) is 0 Å². The minimum atomic E-state index is -4.82. The molecule has 0 spiro atoms. The van der Waals surface area contributed by atoms with Crippen molar-refractivity contribution in [2.75, 3.05) is 0 Å². The van der Waals surface area contributed by atoms with E-state index < -0.39 is 23.0 Å². The van der Waals surface area contributed by atoms with Gasteiger partial charge in [-0.15, -0.1) is 0 Å². The molecule has 1 aliphatic rings. The van der Waals surface area contributed by atoms with Crippen LogP contribution in [0.5, 0.6) is 0 Å². The standard InChI is InChI=1S/C28H25F3O2/c1-2-3-20-25(26(33-25,28(29,30)31)21-19-22-13-7-4-8-14-22)27(32,23-15-9-5-10-16-23)24-17-11-6-12-18-24/h4-18,32H,2-3,20H2,1H3/t25-,26+/m0/s1. The van der Waals surface area contributed by atoms with Gasteiger partial charge in [-0.05, 0) is 35.6 Å². The summed E-state index contributed by atoms with van der Waals surface area (Å²) in [4.78, 5) is 0. The molecule has 1 saturated heterocycles. The quantitative estimate of drug-likeness (QED) is 0.356. The predicted octanol–water partition coefficient (Wildman–Crippen LogP) is 6.23. The van der Waals surface area contributed by atoms with E-state index in [0.717, 1.165) is 0 Å². The average molecular weight is 451 g/mol. The molecule has 0 amide bonds. The first-order valence-corrected chi connectivity index (χ1v) is 11.0. The van der Waals surface area contributed by atoms with Gasteiger partial charge in [-0.2, -0.15) is 13.2 Å². The van der Waals surface area contributed by atoms with Crippen molar-refractivity contribution in [3.8, 4) is 11.8 Å². The van der Waals surface area contributed by atoms with Crippen LogP contribution in [0.2, 0.25) is 0 Å². The molecule has 0 radical (unpaired) electrons. The summed E-state index contributed by atoms with van der Waals surface area (Å²) >= 11 is 0. The van der Waals surface area contributed by atoms with Gasteiger partial charge in [0.2, 0.25) is 0 Å². The van der Waals surface area contributed by atoms with Gasteiger partial charge in [-0.3, -0.25) is 0 Å². The highest BCUT2D eigenvalue weighted by Gasteiger charge is 2.88. The zero-order valence-electron chi connectivity index (χ0n) is 18.3. The van der Waals surface area contributed by atoms with Crippen LogP contribution >= 0.6 is 0 Å². The van der Waals surface area contributed by atoms with Gasteiger partial charge < -0.3 is 9.84 Å². The van der Waals surface area contributed by atoms with Gasteiger partial charge in [0.15, 0.2) is 5.60 Å². The molecule has 2 nitrogen and oxygen atoms in total. The molecule has 0 bridgehead atoms. The Morgan fingerprint density at radius 2 is 1.30 bits per heavy atom. The summed E-state index contributed by atoms with van der Waals surface area (Å²) in [6.45, 7) is 1.89. The number of ether oxygens (including phenoxy) is 1. The Morgan fingerprint density at radius 3 is 1.76 bits per heavy atom. The van der Waals surface area contributed by atoms with Gasteiger partial charge in [0.25, 0.3) is 5.60 Å². The molecular formula is C28H25F3O2. The third-order valence-electron chi connectivity index (χ3n) is 6.26. The van der Waals surface area contributed by atoms with E-state index in [1.807, 2.05) is 6.92 Å². The molecule has 3 aromatic carbocycles. The molecule has 0 saturated carbocycles. The lowest BCUT2D eigenvalue weighted by Gasteiger charge is -2.37. The Labute approximate surface area is 192 Å². The zero-order valence-corrected chi connectivity index (χ0v) is 18.3. The average Bonchev–Trinajstić information content (AvgIpc) is 3.54. The smallest absolute Gasteiger partial charge is 0.377 e. The molecule has 0 aliphatic carbocycles. The van der Waals surface area contributed by atoms with E-state index in [2.05, 4.69) is 11.8 Å². The lowest BCUT2D eigenvalue weighted by atomic mass is 9.68. The molecular weight excluding hydrogens is 425 g/mol. The molecule has 0 unspecified atom stereocenters. The fourth-order valence-corrected chi connectivity index (χ4v) is 4.56. The van der Waals surface area contributed by atoms with E-state index in [1.165, 1.54) is 0 Å². The highest BCUT2D eigenvalue weighted by atomic mass is 19.4. The third-order valence-corrected chi connectivity index (χ3v) is 6.26. The minimum absolute atomic E-state index is 0.00717. The number of epoxide rings is 1. The fourth-order valence-electron chi connectivity index (χ4n) is 4.56. The summed E-state index contributed by atoms with van der Waals surface area (Å²) in [6, 6.07) is 25.3. The molecule has 1 fully saturated rings. The molecule has 1 N–H and O–H groups in total. The second-order valence-electron chi connectivity index (χ2n) is 8.27. The number of hydrogen-bond acceptors (Lipinski definition) is 2. The normalized spacial score (nSPS) is 22.3. The van der Waals surface area contributed by atoms with Crippen molar-refractivity contribution in [2.24, 2.45) is 0 Å². The van der Waals surface area contributed by atoms with Gasteiger partial charge in [-0.25, -0.2) is 0 Å². The number of aliphatic hydroxyl groups is 1. The largest absolute Gasteiger partial charge is 0.432 e. The summed E-state index contributed by atoms with van der Waals surface area (Å²) in [6.07, 6.45) is -3.75. The fraction of sp³-hybridized carbons (Fsp3) is 0.286. The number of rotatable bonds is 6. The Bertz CT molecular complexity index is 1090. The van der Waals surface area contributed by atoms with Gasteiger partial charge in [0, 0.05) is 5.56 Å². The van der Waals surface area contributed by atoms with E-state index >= 15 is 0 Å². The first kappa shape index (κ1) is 23.1. The third kappa shape index (κ3) is 3.74.